The zero-order chi connectivity index (χ0) is 15.9. The minimum Gasteiger partial charge on any atom is -0.482 e. The first-order valence-corrected chi connectivity index (χ1v) is 6.74. The average Bonchev–Trinajstić information content (AvgIpc) is 2.54. The largest absolute Gasteiger partial charge is 0.482 e. The molecule has 0 aromatic heterocycles. The number of benzene rings is 2. The molecular formula is C16H15NO5. The average molecular weight is 301 g/mol. The Morgan fingerprint density at radius 1 is 1.18 bits per heavy atom. The normalized spacial score (nSPS) is 10.0. The molecule has 0 spiro atoms. The van der Waals surface area contributed by atoms with Gasteiger partial charge in [0.2, 0.25) is 0 Å². The molecule has 0 aliphatic carbocycles. The van der Waals surface area contributed by atoms with Crippen molar-refractivity contribution in [3.63, 3.8) is 0 Å². The third-order valence-corrected chi connectivity index (χ3v) is 2.90. The van der Waals surface area contributed by atoms with Crippen LogP contribution in [0.5, 0.6) is 5.75 Å². The van der Waals surface area contributed by atoms with Gasteiger partial charge in [-0.15, -0.1) is 0 Å². The Morgan fingerprint density at radius 2 is 1.91 bits per heavy atom. The lowest BCUT2D eigenvalue weighted by Crippen LogP contribution is -2.06. The summed E-state index contributed by atoms with van der Waals surface area (Å²) in [4.78, 5) is 22.2. The summed E-state index contributed by atoms with van der Waals surface area (Å²) in [5.74, 6) is -0.484. The van der Waals surface area contributed by atoms with Crippen LogP contribution in [0, 0.1) is 10.1 Å². The summed E-state index contributed by atoms with van der Waals surface area (Å²) >= 11 is 0. The number of nitrogens with zero attached hydrogens (tertiary/aromatic N) is 1. The highest BCUT2D eigenvalue weighted by Crippen LogP contribution is 2.29. The van der Waals surface area contributed by atoms with E-state index in [4.69, 9.17) is 9.47 Å². The highest BCUT2D eigenvalue weighted by Gasteiger charge is 2.19. The van der Waals surface area contributed by atoms with E-state index in [9.17, 15) is 14.9 Å². The zero-order valence-electron chi connectivity index (χ0n) is 12.0. The van der Waals surface area contributed by atoms with E-state index in [0.29, 0.717) is 0 Å². The van der Waals surface area contributed by atoms with Gasteiger partial charge in [0.05, 0.1) is 17.1 Å². The molecule has 22 heavy (non-hydrogen) atoms. The molecule has 0 aliphatic heterocycles. The maximum Gasteiger partial charge on any atom is 0.338 e. The molecule has 0 heterocycles. The maximum atomic E-state index is 11.6. The van der Waals surface area contributed by atoms with Crippen LogP contribution in [0.4, 0.5) is 5.69 Å². The topological polar surface area (TPSA) is 78.7 Å². The molecule has 0 saturated carbocycles. The highest BCUT2D eigenvalue weighted by atomic mass is 16.6. The van der Waals surface area contributed by atoms with Gasteiger partial charge in [-0.05, 0) is 24.6 Å². The number of hydrogen-bond acceptors (Lipinski definition) is 5. The van der Waals surface area contributed by atoms with Gasteiger partial charge in [0.15, 0.2) is 5.75 Å². The fourth-order valence-corrected chi connectivity index (χ4v) is 1.86. The van der Waals surface area contributed by atoms with Crippen LogP contribution >= 0.6 is 0 Å². The van der Waals surface area contributed by atoms with Crippen LogP contribution in [-0.2, 0) is 11.3 Å². The van der Waals surface area contributed by atoms with Crippen molar-refractivity contribution < 1.29 is 19.2 Å². The van der Waals surface area contributed by atoms with Crippen molar-refractivity contribution >= 4 is 11.7 Å². The Morgan fingerprint density at radius 3 is 2.55 bits per heavy atom. The lowest BCUT2D eigenvalue weighted by molar-refractivity contribution is -0.386. The summed E-state index contributed by atoms with van der Waals surface area (Å²) in [6.07, 6.45) is 0. The van der Waals surface area contributed by atoms with Crippen molar-refractivity contribution in [1.82, 2.24) is 0 Å². The number of nitro groups is 1. The first kappa shape index (κ1) is 15.5. The van der Waals surface area contributed by atoms with E-state index in [0.717, 1.165) is 5.56 Å². The molecule has 0 saturated heterocycles. The van der Waals surface area contributed by atoms with E-state index < -0.39 is 10.9 Å². The number of carbonyl (C=O) groups is 1. The van der Waals surface area contributed by atoms with Crippen molar-refractivity contribution in [3.8, 4) is 5.75 Å². The van der Waals surface area contributed by atoms with Crippen molar-refractivity contribution in [1.29, 1.82) is 0 Å². The van der Waals surface area contributed by atoms with Gasteiger partial charge in [0, 0.05) is 6.07 Å². The standard InChI is InChI=1S/C16H15NO5/c1-2-21-16(18)13-8-9-15(14(10-13)17(19)20)22-11-12-6-4-3-5-7-12/h3-10H,2,11H2,1H3. The number of hydrogen-bond donors (Lipinski definition) is 0. The van der Waals surface area contributed by atoms with Crippen LogP contribution in [0.25, 0.3) is 0 Å². The van der Waals surface area contributed by atoms with Gasteiger partial charge in [-0.2, -0.15) is 0 Å². The van der Waals surface area contributed by atoms with E-state index in [1.54, 1.807) is 6.92 Å². The van der Waals surface area contributed by atoms with Gasteiger partial charge in [0.1, 0.15) is 6.61 Å². The fourth-order valence-electron chi connectivity index (χ4n) is 1.86. The second-order valence-corrected chi connectivity index (χ2v) is 4.43. The number of ether oxygens (including phenoxy) is 2. The Labute approximate surface area is 127 Å². The third kappa shape index (κ3) is 3.82. The van der Waals surface area contributed by atoms with Gasteiger partial charge in [-0.1, -0.05) is 30.3 Å². The molecule has 2 aromatic carbocycles. The quantitative estimate of drug-likeness (QED) is 0.464. The fraction of sp³-hybridized carbons (Fsp3) is 0.188. The molecule has 0 radical (unpaired) electrons. The molecule has 0 N–H and O–H groups in total. The van der Waals surface area contributed by atoms with Crippen molar-refractivity contribution in [3.05, 3.63) is 69.8 Å². The molecule has 6 heteroatoms. The number of rotatable bonds is 6. The first-order valence-electron chi connectivity index (χ1n) is 6.74. The van der Waals surface area contributed by atoms with Crippen LogP contribution in [0.1, 0.15) is 22.8 Å². The molecule has 0 fully saturated rings. The molecule has 6 nitrogen and oxygen atoms in total. The molecule has 0 aliphatic rings. The second kappa shape index (κ2) is 7.21. The molecule has 0 amide bonds. The highest BCUT2D eigenvalue weighted by molar-refractivity contribution is 5.90. The Kier molecular flexibility index (Phi) is 5.08. The van der Waals surface area contributed by atoms with Gasteiger partial charge in [-0.3, -0.25) is 10.1 Å². The predicted molar refractivity (Wildman–Crippen MR) is 79.8 cm³/mol. The summed E-state index contributed by atoms with van der Waals surface area (Å²) in [6.45, 7) is 2.09. The number of nitro benzene ring substituents is 1. The van der Waals surface area contributed by atoms with Crippen LogP contribution in [0.2, 0.25) is 0 Å². The maximum absolute atomic E-state index is 11.6. The minimum atomic E-state index is -0.597. The smallest absolute Gasteiger partial charge is 0.338 e. The predicted octanol–water partition coefficient (Wildman–Crippen LogP) is 3.35. The summed E-state index contributed by atoms with van der Waals surface area (Å²) in [6, 6.07) is 13.3. The monoisotopic (exact) mass is 301 g/mol. The molecule has 0 atom stereocenters. The van der Waals surface area contributed by atoms with Crippen LogP contribution in [0.15, 0.2) is 48.5 Å². The van der Waals surface area contributed by atoms with E-state index in [2.05, 4.69) is 0 Å². The molecular weight excluding hydrogens is 286 g/mol. The van der Waals surface area contributed by atoms with Crippen molar-refractivity contribution in [2.45, 2.75) is 13.5 Å². The van der Waals surface area contributed by atoms with E-state index >= 15 is 0 Å². The molecule has 114 valence electrons. The Balaban J connectivity index is 2.20. The first-order chi connectivity index (χ1) is 10.6. The molecule has 2 aromatic rings. The van der Waals surface area contributed by atoms with Crippen LogP contribution < -0.4 is 4.74 Å². The summed E-state index contributed by atoms with van der Waals surface area (Å²) in [5, 5.41) is 11.1. The number of carbonyl (C=O) groups excluding carboxylic acids is 1. The van der Waals surface area contributed by atoms with Crippen LogP contribution in [0.3, 0.4) is 0 Å². The van der Waals surface area contributed by atoms with Gasteiger partial charge in [0.25, 0.3) is 0 Å². The van der Waals surface area contributed by atoms with Gasteiger partial charge in [-0.25, -0.2) is 4.79 Å². The number of esters is 1. The second-order valence-electron chi connectivity index (χ2n) is 4.43. The zero-order valence-corrected chi connectivity index (χ0v) is 12.0. The summed E-state index contributed by atoms with van der Waals surface area (Å²) < 4.78 is 10.3. The SMILES string of the molecule is CCOC(=O)c1ccc(OCc2ccccc2)c([N+](=O)[O-])c1. The lowest BCUT2D eigenvalue weighted by Gasteiger charge is -2.08. The van der Waals surface area contributed by atoms with Gasteiger partial charge >= 0.3 is 11.7 Å². The van der Waals surface area contributed by atoms with Crippen molar-refractivity contribution in [2.75, 3.05) is 6.61 Å². The minimum absolute atomic E-state index is 0.113. The third-order valence-electron chi connectivity index (χ3n) is 2.90. The molecule has 0 bridgehead atoms. The van der Waals surface area contributed by atoms with E-state index in [1.807, 2.05) is 30.3 Å². The summed E-state index contributed by atoms with van der Waals surface area (Å²) in [5.41, 5.74) is 0.758. The van der Waals surface area contributed by atoms with E-state index in [-0.39, 0.29) is 30.2 Å². The molecule has 0 unspecified atom stereocenters. The molecule has 2 rings (SSSR count). The lowest BCUT2D eigenvalue weighted by atomic mass is 10.2. The van der Waals surface area contributed by atoms with E-state index in [1.165, 1.54) is 18.2 Å². The summed E-state index contributed by atoms with van der Waals surface area (Å²) in [7, 11) is 0. The Hall–Kier alpha value is -2.89. The van der Waals surface area contributed by atoms with Crippen molar-refractivity contribution in [2.24, 2.45) is 0 Å². The Bertz CT molecular complexity index is 669. The van der Waals surface area contributed by atoms with Gasteiger partial charge < -0.3 is 9.47 Å². The van der Waals surface area contributed by atoms with Crippen LogP contribution in [-0.4, -0.2) is 17.5 Å².